The van der Waals surface area contributed by atoms with Gasteiger partial charge in [0.25, 0.3) is 0 Å². The van der Waals surface area contributed by atoms with E-state index < -0.39 is 0 Å². The predicted molar refractivity (Wildman–Crippen MR) is 71.3 cm³/mol. The third-order valence-electron chi connectivity index (χ3n) is 3.11. The highest BCUT2D eigenvalue weighted by molar-refractivity contribution is 5.94. The molecule has 3 heteroatoms. The maximum absolute atomic E-state index is 5.78. The van der Waals surface area contributed by atoms with Crippen LogP contribution in [0.1, 0.15) is 0 Å². The molecule has 0 radical (unpaired) electrons. The van der Waals surface area contributed by atoms with Crippen molar-refractivity contribution in [1.82, 2.24) is 9.97 Å². The molecule has 86 valence electrons. The number of para-hydroxylation sites is 2. The number of nitrogens with one attached hydrogen (secondary N) is 1. The van der Waals surface area contributed by atoms with Crippen molar-refractivity contribution in [3.8, 4) is 11.6 Å². The van der Waals surface area contributed by atoms with Crippen molar-refractivity contribution in [3.05, 3.63) is 54.7 Å². The van der Waals surface area contributed by atoms with Crippen molar-refractivity contribution in [2.75, 3.05) is 0 Å². The van der Waals surface area contributed by atoms with Crippen LogP contribution in [0.5, 0.6) is 0 Å². The van der Waals surface area contributed by atoms with Crippen LogP contribution in [0.2, 0.25) is 0 Å². The number of aromatic nitrogens is 2. The molecule has 18 heavy (non-hydrogen) atoms. The molecular formula is C15H10N2O. The molecular weight excluding hydrogens is 224 g/mol. The summed E-state index contributed by atoms with van der Waals surface area (Å²) in [7, 11) is 0. The van der Waals surface area contributed by atoms with Crippen molar-refractivity contribution < 1.29 is 4.42 Å². The number of H-pyrrole nitrogens is 1. The van der Waals surface area contributed by atoms with E-state index in [0.717, 1.165) is 27.6 Å². The highest BCUT2D eigenvalue weighted by Gasteiger charge is 2.12. The first-order chi connectivity index (χ1) is 8.92. The standard InChI is InChI=1S/C15H10N2O/c1-2-6-11-10(5-1)9-16-14(11)15-17-12-7-3-4-8-13(12)18-15/h1-9,16H. The molecule has 0 amide bonds. The minimum absolute atomic E-state index is 0.636. The largest absolute Gasteiger partial charge is 0.435 e. The number of hydrogen-bond acceptors (Lipinski definition) is 2. The van der Waals surface area contributed by atoms with Gasteiger partial charge < -0.3 is 9.40 Å². The molecule has 0 saturated heterocycles. The third kappa shape index (κ3) is 1.27. The Hall–Kier alpha value is -2.55. The summed E-state index contributed by atoms with van der Waals surface area (Å²) < 4.78 is 5.78. The van der Waals surface area contributed by atoms with Crippen LogP contribution in [0, 0.1) is 0 Å². The van der Waals surface area contributed by atoms with Gasteiger partial charge >= 0.3 is 0 Å². The lowest BCUT2D eigenvalue weighted by Crippen LogP contribution is -1.76. The molecule has 0 saturated carbocycles. The fraction of sp³-hybridized carbons (Fsp3) is 0. The van der Waals surface area contributed by atoms with Crippen molar-refractivity contribution in [2.24, 2.45) is 0 Å². The molecule has 0 aliphatic carbocycles. The SMILES string of the molecule is c1ccc2c(-c3nc4ccccc4o3)[nH]cc2c1. The molecule has 1 N–H and O–H groups in total. The van der Waals surface area contributed by atoms with E-state index in [4.69, 9.17) is 4.42 Å². The number of oxazole rings is 1. The summed E-state index contributed by atoms with van der Waals surface area (Å²) in [6.07, 6.45) is 1.97. The molecule has 3 nitrogen and oxygen atoms in total. The molecule has 0 bridgehead atoms. The highest BCUT2D eigenvalue weighted by Crippen LogP contribution is 2.29. The van der Waals surface area contributed by atoms with Gasteiger partial charge in [-0.1, -0.05) is 36.4 Å². The van der Waals surface area contributed by atoms with E-state index in [2.05, 4.69) is 22.1 Å². The van der Waals surface area contributed by atoms with E-state index in [1.165, 1.54) is 0 Å². The Bertz CT molecular complexity index is 809. The summed E-state index contributed by atoms with van der Waals surface area (Å²) >= 11 is 0. The zero-order valence-electron chi connectivity index (χ0n) is 9.55. The molecule has 4 aromatic rings. The molecule has 0 atom stereocenters. The number of aromatic amines is 1. The van der Waals surface area contributed by atoms with E-state index in [-0.39, 0.29) is 0 Å². The van der Waals surface area contributed by atoms with Crippen LogP contribution in [0.3, 0.4) is 0 Å². The highest BCUT2D eigenvalue weighted by atomic mass is 16.3. The summed E-state index contributed by atoms with van der Waals surface area (Å²) in [4.78, 5) is 7.74. The Labute approximate surface area is 103 Å². The van der Waals surface area contributed by atoms with Crippen LogP contribution < -0.4 is 0 Å². The van der Waals surface area contributed by atoms with Gasteiger partial charge in [0.15, 0.2) is 5.58 Å². The van der Waals surface area contributed by atoms with Crippen LogP contribution in [0.4, 0.5) is 0 Å². The maximum atomic E-state index is 5.78. The van der Waals surface area contributed by atoms with Gasteiger partial charge in [-0.25, -0.2) is 4.98 Å². The minimum atomic E-state index is 0.636. The van der Waals surface area contributed by atoms with Gasteiger partial charge in [-0.3, -0.25) is 0 Å². The maximum Gasteiger partial charge on any atom is 0.244 e. The van der Waals surface area contributed by atoms with Crippen LogP contribution >= 0.6 is 0 Å². The monoisotopic (exact) mass is 234 g/mol. The van der Waals surface area contributed by atoms with Gasteiger partial charge in [0.2, 0.25) is 5.89 Å². The Morgan fingerprint density at radius 3 is 2.72 bits per heavy atom. The van der Waals surface area contributed by atoms with Gasteiger partial charge in [0.1, 0.15) is 11.2 Å². The minimum Gasteiger partial charge on any atom is -0.435 e. The van der Waals surface area contributed by atoms with Crippen LogP contribution in [0.15, 0.2) is 59.1 Å². The zero-order chi connectivity index (χ0) is 11.9. The summed E-state index contributed by atoms with van der Waals surface area (Å²) in [5.74, 6) is 0.636. The molecule has 2 aromatic heterocycles. The molecule has 0 spiro atoms. The lowest BCUT2D eigenvalue weighted by Gasteiger charge is -1.92. The summed E-state index contributed by atoms with van der Waals surface area (Å²) in [5.41, 5.74) is 2.62. The first-order valence-corrected chi connectivity index (χ1v) is 5.84. The van der Waals surface area contributed by atoms with Gasteiger partial charge in [0.05, 0.1) is 0 Å². The van der Waals surface area contributed by atoms with Gasteiger partial charge in [0, 0.05) is 11.6 Å². The summed E-state index contributed by atoms with van der Waals surface area (Å²) in [6.45, 7) is 0. The number of benzene rings is 2. The Kier molecular flexibility index (Phi) is 1.83. The topological polar surface area (TPSA) is 41.8 Å². The third-order valence-corrected chi connectivity index (χ3v) is 3.11. The summed E-state index contributed by atoms with van der Waals surface area (Å²) in [5, 5.41) is 2.29. The van der Waals surface area contributed by atoms with Crippen molar-refractivity contribution in [1.29, 1.82) is 0 Å². The van der Waals surface area contributed by atoms with E-state index in [1.807, 2.05) is 42.6 Å². The second-order valence-electron chi connectivity index (χ2n) is 4.24. The number of fused-ring (bicyclic) bond motifs is 2. The summed E-state index contributed by atoms with van der Waals surface area (Å²) in [6, 6.07) is 16.0. The van der Waals surface area contributed by atoms with E-state index in [9.17, 15) is 0 Å². The number of rotatable bonds is 1. The molecule has 0 aliphatic heterocycles. The van der Waals surface area contributed by atoms with Crippen molar-refractivity contribution >= 4 is 21.9 Å². The Morgan fingerprint density at radius 1 is 0.944 bits per heavy atom. The fourth-order valence-corrected chi connectivity index (χ4v) is 2.23. The quantitative estimate of drug-likeness (QED) is 0.541. The molecule has 0 unspecified atom stereocenters. The normalized spacial score (nSPS) is 11.3. The fourth-order valence-electron chi connectivity index (χ4n) is 2.23. The molecule has 2 heterocycles. The lowest BCUT2D eigenvalue weighted by atomic mass is 10.2. The number of hydrogen-bond donors (Lipinski definition) is 1. The van der Waals surface area contributed by atoms with Crippen LogP contribution in [0.25, 0.3) is 33.5 Å². The molecule has 0 aliphatic rings. The van der Waals surface area contributed by atoms with Gasteiger partial charge in [-0.2, -0.15) is 0 Å². The predicted octanol–water partition coefficient (Wildman–Crippen LogP) is 3.98. The molecule has 2 aromatic carbocycles. The average Bonchev–Trinajstić information content (AvgIpc) is 3.02. The lowest BCUT2D eigenvalue weighted by molar-refractivity contribution is 0.618. The van der Waals surface area contributed by atoms with E-state index >= 15 is 0 Å². The average molecular weight is 234 g/mol. The van der Waals surface area contributed by atoms with Crippen LogP contribution in [-0.4, -0.2) is 9.97 Å². The Balaban J connectivity index is 2.01. The Morgan fingerprint density at radius 2 is 1.78 bits per heavy atom. The zero-order valence-corrected chi connectivity index (χ0v) is 9.55. The second-order valence-corrected chi connectivity index (χ2v) is 4.24. The van der Waals surface area contributed by atoms with Gasteiger partial charge in [-0.15, -0.1) is 0 Å². The second kappa shape index (κ2) is 3.47. The number of nitrogens with zero attached hydrogens (tertiary/aromatic N) is 1. The van der Waals surface area contributed by atoms with Crippen LogP contribution in [-0.2, 0) is 0 Å². The molecule has 4 rings (SSSR count). The van der Waals surface area contributed by atoms with Crippen molar-refractivity contribution in [2.45, 2.75) is 0 Å². The first-order valence-electron chi connectivity index (χ1n) is 5.84. The van der Waals surface area contributed by atoms with Crippen molar-refractivity contribution in [3.63, 3.8) is 0 Å². The molecule has 0 fully saturated rings. The first kappa shape index (κ1) is 9.48. The van der Waals surface area contributed by atoms with E-state index in [0.29, 0.717) is 5.89 Å². The van der Waals surface area contributed by atoms with Gasteiger partial charge in [-0.05, 0) is 17.5 Å². The smallest absolute Gasteiger partial charge is 0.244 e. The van der Waals surface area contributed by atoms with E-state index in [1.54, 1.807) is 0 Å².